The topological polar surface area (TPSA) is 77.5 Å². The van der Waals surface area contributed by atoms with Crippen molar-refractivity contribution in [3.05, 3.63) is 61.6 Å². The van der Waals surface area contributed by atoms with Crippen molar-refractivity contribution in [2.45, 2.75) is 6.54 Å². The zero-order chi connectivity index (χ0) is 17.8. The maximum absolute atomic E-state index is 12.1. The van der Waals surface area contributed by atoms with E-state index in [0.717, 1.165) is 9.58 Å². The number of thiophene rings is 1. The van der Waals surface area contributed by atoms with E-state index >= 15 is 0 Å². The highest BCUT2D eigenvalue weighted by Gasteiger charge is 2.12. The lowest BCUT2D eigenvalue weighted by Crippen LogP contribution is -2.15. The van der Waals surface area contributed by atoms with Crippen molar-refractivity contribution in [1.82, 2.24) is 4.57 Å². The van der Waals surface area contributed by atoms with E-state index in [-0.39, 0.29) is 12.2 Å². The van der Waals surface area contributed by atoms with Gasteiger partial charge in [-0.05, 0) is 23.6 Å². The number of benzene rings is 1. The van der Waals surface area contributed by atoms with Gasteiger partial charge >= 0.3 is 0 Å². The standard InChI is InChI=1S/C17H11N3O3S2/c1-2-9-19-14-11-12(20(22)23)5-7-15(14)25-17(19)18-16(21)8-6-13-4-3-10-24-13/h1,3-8,10-11H,9H2. The van der Waals surface area contributed by atoms with E-state index in [1.165, 1.54) is 40.9 Å². The Morgan fingerprint density at radius 1 is 1.44 bits per heavy atom. The Kier molecular flexibility index (Phi) is 4.88. The van der Waals surface area contributed by atoms with Crippen LogP contribution in [0.5, 0.6) is 0 Å². The molecule has 0 spiro atoms. The molecule has 0 unspecified atom stereocenters. The molecule has 0 aliphatic heterocycles. The van der Waals surface area contributed by atoms with Gasteiger partial charge in [-0.2, -0.15) is 4.99 Å². The Hall–Kier alpha value is -3.02. The minimum Gasteiger partial charge on any atom is -0.304 e. The van der Waals surface area contributed by atoms with Crippen LogP contribution < -0.4 is 4.80 Å². The first-order valence-electron chi connectivity index (χ1n) is 7.10. The number of nitro groups is 1. The van der Waals surface area contributed by atoms with Crippen LogP contribution in [0.2, 0.25) is 0 Å². The monoisotopic (exact) mass is 369 g/mol. The first kappa shape index (κ1) is 16.8. The van der Waals surface area contributed by atoms with Crippen molar-refractivity contribution in [2.75, 3.05) is 0 Å². The van der Waals surface area contributed by atoms with Crippen molar-refractivity contribution in [1.29, 1.82) is 0 Å². The van der Waals surface area contributed by atoms with Gasteiger partial charge in [0.1, 0.15) is 0 Å². The number of nitro benzene ring substituents is 1. The van der Waals surface area contributed by atoms with E-state index in [1.807, 2.05) is 17.5 Å². The normalized spacial score (nSPS) is 11.9. The maximum Gasteiger partial charge on any atom is 0.272 e. The molecule has 6 nitrogen and oxygen atoms in total. The molecule has 2 heterocycles. The number of thiazole rings is 1. The van der Waals surface area contributed by atoms with Gasteiger partial charge in [0.05, 0.1) is 21.7 Å². The summed E-state index contributed by atoms with van der Waals surface area (Å²) in [6.07, 6.45) is 8.47. The fraction of sp³-hybridized carbons (Fsp3) is 0.0588. The van der Waals surface area contributed by atoms with Gasteiger partial charge in [-0.3, -0.25) is 14.9 Å². The van der Waals surface area contributed by atoms with Gasteiger partial charge in [0, 0.05) is 23.1 Å². The predicted octanol–water partition coefficient (Wildman–Crippen LogP) is 3.45. The Bertz CT molecular complexity index is 1080. The number of fused-ring (bicyclic) bond motifs is 1. The van der Waals surface area contributed by atoms with Gasteiger partial charge in [-0.1, -0.05) is 23.3 Å². The molecular formula is C17H11N3O3S2. The summed E-state index contributed by atoms with van der Waals surface area (Å²) in [6, 6.07) is 8.28. The average molecular weight is 369 g/mol. The first-order valence-corrected chi connectivity index (χ1v) is 8.79. The van der Waals surface area contributed by atoms with Crippen LogP contribution >= 0.6 is 22.7 Å². The van der Waals surface area contributed by atoms with Crippen molar-refractivity contribution in [2.24, 2.45) is 4.99 Å². The molecule has 3 aromatic rings. The molecular weight excluding hydrogens is 358 g/mol. The number of carbonyl (C=O) groups excluding carboxylic acids is 1. The molecule has 0 saturated carbocycles. The summed E-state index contributed by atoms with van der Waals surface area (Å²) in [4.78, 5) is 28.0. The van der Waals surface area contributed by atoms with E-state index in [2.05, 4.69) is 10.9 Å². The van der Waals surface area contributed by atoms with E-state index < -0.39 is 10.8 Å². The zero-order valence-electron chi connectivity index (χ0n) is 12.8. The summed E-state index contributed by atoms with van der Waals surface area (Å²) in [6.45, 7) is 0.169. The van der Waals surface area contributed by atoms with Crippen LogP contribution in [0.4, 0.5) is 5.69 Å². The Labute approximate surface area is 150 Å². The predicted molar refractivity (Wildman–Crippen MR) is 99.2 cm³/mol. The van der Waals surface area contributed by atoms with E-state index in [9.17, 15) is 14.9 Å². The van der Waals surface area contributed by atoms with Crippen LogP contribution in [-0.2, 0) is 11.3 Å². The maximum atomic E-state index is 12.1. The average Bonchev–Trinajstić information content (AvgIpc) is 3.21. The lowest BCUT2D eigenvalue weighted by Gasteiger charge is -1.99. The molecule has 0 N–H and O–H groups in total. The Morgan fingerprint density at radius 3 is 2.96 bits per heavy atom. The molecule has 8 heteroatoms. The lowest BCUT2D eigenvalue weighted by molar-refractivity contribution is -0.384. The molecule has 0 bridgehead atoms. The number of hydrogen-bond acceptors (Lipinski definition) is 5. The van der Waals surface area contributed by atoms with Gasteiger partial charge in [-0.15, -0.1) is 17.8 Å². The summed E-state index contributed by atoms with van der Waals surface area (Å²) < 4.78 is 2.40. The summed E-state index contributed by atoms with van der Waals surface area (Å²) >= 11 is 2.78. The third-order valence-electron chi connectivity index (χ3n) is 3.26. The number of nitrogens with zero attached hydrogens (tertiary/aromatic N) is 3. The number of carbonyl (C=O) groups is 1. The summed E-state index contributed by atoms with van der Waals surface area (Å²) in [5, 5.41) is 12.9. The molecule has 0 aliphatic rings. The third kappa shape index (κ3) is 3.74. The number of amides is 1. The molecule has 0 aliphatic carbocycles. The minimum atomic E-state index is -0.469. The highest BCUT2D eigenvalue weighted by Crippen LogP contribution is 2.23. The van der Waals surface area contributed by atoms with Gasteiger partial charge in [0.2, 0.25) is 0 Å². The number of non-ortho nitro benzene ring substituents is 1. The largest absolute Gasteiger partial charge is 0.304 e. The quantitative estimate of drug-likeness (QED) is 0.306. The molecule has 25 heavy (non-hydrogen) atoms. The number of hydrogen-bond donors (Lipinski definition) is 0. The van der Waals surface area contributed by atoms with Crippen molar-refractivity contribution >= 4 is 50.6 Å². The highest BCUT2D eigenvalue weighted by atomic mass is 32.1. The lowest BCUT2D eigenvalue weighted by atomic mass is 10.3. The fourth-order valence-electron chi connectivity index (χ4n) is 2.17. The summed E-state index contributed by atoms with van der Waals surface area (Å²) in [5.41, 5.74) is 0.553. The van der Waals surface area contributed by atoms with Gasteiger partial charge in [-0.25, -0.2) is 0 Å². The van der Waals surface area contributed by atoms with E-state index in [0.29, 0.717) is 10.3 Å². The second-order valence-electron chi connectivity index (χ2n) is 4.88. The van der Waals surface area contributed by atoms with Crippen LogP contribution in [0.15, 0.2) is 46.8 Å². The van der Waals surface area contributed by atoms with Gasteiger partial charge in [0.25, 0.3) is 11.6 Å². The molecule has 124 valence electrons. The summed E-state index contributed by atoms with van der Waals surface area (Å²) in [7, 11) is 0. The smallest absolute Gasteiger partial charge is 0.272 e. The van der Waals surface area contributed by atoms with Gasteiger partial charge < -0.3 is 4.57 Å². The molecule has 3 rings (SSSR count). The van der Waals surface area contributed by atoms with E-state index in [1.54, 1.807) is 16.7 Å². The first-order chi connectivity index (χ1) is 12.1. The fourth-order valence-corrected chi connectivity index (χ4v) is 3.80. The second-order valence-corrected chi connectivity index (χ2v) is 6.87. The molecule has 1 aromatic carbocycles. The van der Waals surface area contributed by atoms with Crippen LogP contribution in [0.1, 0.15) is 4.88 Å². The van der Waals surface area contributed by atoms with Gasteiger partial charge in [0.15, 0.2) is 4.80 Å². The van der Waals surface area contributed by atoms with Crippen molar-refractivity contribution < 1.29 is 9.72 Å². The number of rotatable bonds is 4. The van der Waals surface area contributed by atoms with Crippen molar-refractivity contribution in [3.8, 4) is 12.3 Å². The van der Waals surface area contributed by atoms with Crippen LogP contribution in [0.25, 0.3) is 16.3 Å². The molecule has 1 amide bonds. The van der Waals surface area contributed by atoms with Crippen LogP contribution in [0, 0.1) is 22.5 Å². The molecule has 0 radical (unpaired) electrons. The highest BCUT2D eigenvalue weighted by molar-refractivity contribution is 7.16. The zero-order valence-corrected chi connectivity index (χ0v) is 14.4. The number of terminal acetylenes is 1. The number of aromatic nitrogens is 1. The second kappa shape index (κ2) is 7.25. The SMILES string of the molecule is C#CCn1c(=NC(=O)C=Cc2cccs2)sc2ccc([N+](=O)[O-])cc21. The summed E-state index contributed by atoms with van der Waals surface area (Å²) in [5.74, 6) is 2.07. The Balaban J connectivity index is 2.05. The Morgan fingerprint density at radius 2 is 2.28 bits per heavy atom. The molecule has 0 fully saturated rings. The van der Waals surface area contributed by atoms with Crippen molar-refractivity contribution in [3.63, 3.8) is 0 Å². The molecule has 0 atom stereocenters. The van der Waals surface area contributed by atoms with Crippen LogP contribution in [-0.4, -0.2) is 15.4 Å². The van der Waals surface area contributed by atoms with E-state index in [4.69, 9.17) is 6.42 Å². The van der Waals surface area contributed by atoms with Crippen LogP contribution in [0.3, 0.4) is 0 Å². The minimum absolute atomic E-state index is 0.0356. The molecule has 2 aromatic heterocycles. The third-order valence-corrected chi connectivity index (χ3v) is 5.16. The molecule has 0 saturated heterocycles.